The lowest BCUT2D eigenvalue weighted by Gasteiger charge is -2.12. The van der Waals surface area contributed by atoms with Crippen LogP contribution in [0.4, 0.5) is 16.3 Å². The number of carbonyl (C=O) groups is 1. The average molecular weight is 223 g/mol. The summed E-state index contributed by atoms with van der Waals surface area (Å²) in [6.07, 6.45) is 1.66. The molecule has 0 aromatic carbocycles. The molecular formula is C10H17N5O. The monoisotopic (exact) mass is 223 g/mol. The van der Waals surface area contributed by atoms with Crippen LogP contribution in [-0.4, -0.2) is 43.1 Å². The SMILES string of the molecule is CN(C)C(=O)NCCNc1ncccc1N. The minimum Gasteiger partial charge on any atom is -0.396 e. The van der Waals surface area contributed by atoms with Gasteiger partial charge in [-0.25, -0.2) is 9.78 Å². The lowest BCUT2D eigenvalue weighted by molar-refractivity contribution is 0.218. The minimum absolute atomic E-state index is 0.115. The van der Waals surface area contributed by atoms with Gasteiger partial charge in [0.25, 0.3) is 0 Å². The van der Waals surface area contributed by atoms with Gasteiger partial charge in [-0.2, -0.15) is 0 Å². The quantitative estimate of drug-likeness (QED) is 0.643. The molecule has 0 bridgehead atoms. The fourth-order valence-corrected chi connectivity index (χ4v) is 1.07. The first-order chi connectivity index (χ1) is 7.61. The molecule has 0 atom stereocenters. The van der Waals surface area contributed by atoms with Gasteiger partial charge in [0, 0.05) is 33.4 Å². The Morgan fingerprint density at radius 1 is 1.50 bits per heavy atom. The van der Waals surface area contributed by atoms with Crippen LogP contribution in [-0.2, 0) is 0 Å². The van der Waals surface area contributed by atoms with Gasteiger partial charge in [-0.15, -0.1) is 0 Å². The lowest BCUT2D eigenvalue weighted by atomic mass is 10.4. The maximum absolute atomic E-state index is 11.2. The van der Waals surface area contributed by atoms with Crippen molar-refractivity contribution in [1.82, 2.24) is 15.2 Å². The van der Waals surface area contributed by atoms with Crippen molar-refractivity contribution in [3.63, 3.8) is 0 Å². The van der Waals surface area contributed by atoms with Gasteiger partial charge in [-0.3, -0.25) is 0 Å². The van der Waals surface area contributed by atoms with Crippen molar-refractivity contribution in [1.29, 1.82) is 0 Å². The molecule has 1 aromatic rings. The predicted octanol–water partition coefficient (Wildman–Crippen LogP) is 0.347. The van der Waals surface area contributed by atoms with E-state index in [2.05, 4.69) is 15.6 Å². The van der Waals surface area contributed by atoms with Crippen LogP contribution in [0.1, 0.15) is 0 Å². The van der Waals surface area contributed by atoms with Crippen LogP contribution in [0.3, 0.4) is 0 Å². The molecule has 16 heavy (non-hydrogen) atoms. The highest BCUT2D eigenvalue weighted by Crippen LogP contribution is 2.11. The van der Waals surface area contributed by atoms with Crippen LogP contribution in [0.5, 0.6) is 0 Å². The molecule has 0 spiro atoms. The van der Waals surface area contributed by atoms with Gasteiger partial charge in [0.1, 0.15) is 5.82 Å². The first-order valence-corrected chi connectivity index (χ1v) is 5.01. The van der Waals surface area contributed by atoms with Crippen LogP contribution >= 0.6 is 0 Å². The van der Waals surface area contributed by atoms with E-state index in [1.54, 1.807) is 32.4 Å². The number of carbonyl (C=O) groups excluding carboxylic acids is 1. The molecule has 0 unspecified atom stereocenters. The number of pyridine rings is 1. The number of nitrogens with one attached hydrogen (secondary N) is 2. The van der Waals surface area contributed by atoms with Gasteiger partial charge in [0.15, 0.2) is 0 Å². The summed E-state index contributed by atoms with van der Waals surface area (Å²) in [6.45, 7) is 1.10. The molecule has 2 amide bonds. The summed E-state index contributed by atoms with van der Waals surface area (Å²) in [5, 5.41) is 5.77. The van der Waals surface area contributed by atoms with Crippen molar-refractivity contribution in [3.8, 4) is 0 Å². The van der Waals surface area contributed by atoms with Crippen molar-refractivity contribution >= 4 is 17.5 Å². The van der Waals surface area contributed by atoms with E-state index in [0.717, 1.165) is 0 Å². The van der Waals surface area contributed by atoms with Gasteiger partial charge >= 0.3 is 6.03 Å². The summed E-state index contributed by atoms with van der Waals surface area (Å²) in [7, 11) is 3.39. The number of urea groups is 1. The molecule has 0 aliphatic carbocycles. The first-order valence-electron chi connectivity index (χ1n) is 5.01. The highest BCUT2D eigenvalue weighted by molar-refractivity contribution is 5.73. The van der Waals surface area contributed by atoms with E-state index < -0.39 is 0 Å². The molecule has 88 valence electrons. The number of hydrogen-bond donors (Lipinski definition) is 3. The van der Waals surface area contributed by atoms with Gasteiger partial charge in [0.05, 0.1) is 5.69 Å². The highest BCUT2D eigenvalue weighted by atomic mass is 16.2. The summed E-state index contributed by atoms with van der Waals surface area (Å²) in [5.74, 6) is 0.640. The van der Waals surface area contributed by atoms with Crippen LogP contribution in [0.2, 0.25) is 0 Å². The Balaban J connectivity index is 2.26. The van der Waals surface area contributed by atoms with Crippen molar-refractivity contribution in [2.75, 3.05) is 38.2 Å². The summed E-state index contributed by atoms with van der Waals surface area (Å²) < 4.78 is 0. The number of nitrogen functional groups attached to an aromatic ring is 1. The second-order valence-electron chi connectivity index (χ2n) is 3.49. The third kappa shape index (κ3) is 3.64. The van der Waals surface area contributed by atoms with Crippen LogP contribution in [0.25, 0.3) is 0 Å². The molecule has 6 heteroatoms. The van der Waals surface area contributed by atoms with Crippen molar-refractivity contribution in [2.45, 2.75) is 0 Å². The molecule has 0 aliphatic heterocycles. The fraction of sp³-hybridized carbons (Fsp3) is 0.400. The van der Waals surface area contributed by atoms with E-state index in [1.165, 1.54) is 4.90 Å². The minimum atomic E-state index is -0.115. The molecule has 0 saturated carbocycles. The number of hydrogen-bond acceptors (Lipinski definition) is 4. The molecule has 1 heterocycles. The van der Waals surface area contributed by atoms with Crippen molar-refractivity contribution in [3.05, 3.63) is 18.3 Å². The average Bonchev–Trinajstić information content (AvgIpc) is 2.26. The highest BCUT2D eigenvalue weighted by Gasteiger charge is 2.01. The molecule has 6 nitrogen and oxygen atoms in total. The van der Waals surface area contributed by atoms with E-state index in [0.29, 0.717) is 24.6 Å². The molecule has 0 fully saturated rings. The Morgan fingerprint density at radius 2 is 2.25 bits per heavy atom. The zero-order valence-corrected chi connectivity index (χ0v) is 9.53. The Morgan fingerprint density at radius 3 is 2.88 bits per heavy atom. The standard InChI is InChI=1S/C10H17N5O/c1-15(2)10(16)14-7-6-13-9-8(11)4-3-5-12-9/h3-5H,6-7,11H2,1-2H3,(H,12,13)(H,14,16). The Hall–Kier alpha value is -1.98. The molecular weight excluding hydrogens is 206 g/mol. The molecule has 0 radical (unpaired) electrons. The van der Waals surface area contributed by atoms with E-state index in [9.17, 15) is 4.79 Å². The van der Waals surface area contributed by atoms with Crippen LogP contribution in [0, 0.1) is 0 Å². The maximum atomic E-state index is 11.2. The zero-order chi connectivity index (χ0) is 12.0. The number of nitrogens with zero attached hydrogens (tertiary/aromatic N) is 2. The predicted molar refractivity (Wildman–Crippen MR) is 64.2 cm³/mol. The zero-order valence-electron chi connectivity index (χ0n) is 9.53. The largest absolute Gasteiger partial charge is 0.396 e. The third-order valence-electron chi connectivity index (χ3n) is 1.94. The number of anilines is 2. The molecule has 1 aromatic heterocycles. The van der Waals surface area contributed by atoms with E-state index in [-0.39, 0.29) is 6.03 Å². The lowest BCUT2D eigenvalue weighted by Crippen LogP contribution is -2.37. The Bertz CT molecular complexity index is 353. The van der Waals surface area contributed by atoms with E-state index in [4.69, 9.17) is 5.73 Å². The van der Waals surface area contributed by atoms with Gasteiger partial charge in [-0.05, 0) is 12.1 Å². The Labute approximate surface area is 94.8 Å². The van der Waals surface area contributed by atoms with Crippen LogP contribution in [0.15, 0.2) is 18.3 Å². The normalized spacial score (nSPS) is 9.62. The van der Waals surface area contributed by atoms with E-state index >= 15 is 0 Å². The second-order valence-corrected chi connectivity index (χ2v) is 3.49. The Kier molecular flexibility index (Phi) is 4.38. The molecule has 4 N–H and O–H groups in total. The number of aromatic nitrogens is 1. The first kappa shape index (κ1) is 12.1. The fourth-order valence-electron chi connectivity index (χ4n) is 1.07. The summed E-state index contributed by atoms with van der Waals surface area (Å²) in [5.41, 5.74) is 6.29. The molecule has 1 rings (SSSR count). The van der Waals surface area contributed by atoms with Crippen LogP contribution < -0.4 is 16.4 Å². The van der Waals surface area contributed by atoms with Crippen molar-refractivity contribution in [2.24, 2.45) is 0 Å². The van der Waals surface area contributed by atoms with E-state index in [1.807, 2.05) is 0 Å². The third-order valence-corrected chi connectivity index (χ3v) is 1.94. The summed E-state index contributed by atoms with van der Waals surface area (Å²) in [4.78, 5) is 16.7. The molecule has 0 aliphatic rings. The number of amides is 2. The maximum Gasteiger partial charge on any atom is 0.316 e. The summed E-state index contributed by atoms with van der Waals surface area (Å²) in [6, 6.07) is 3.43. The number of rotatable bonds is 4. The molecule has 0 saturated heterocycles. The summed E-state index contributed by atoms with van der Waals surface area (Å²) >= 11 is 0. The number of nitrogens with two attached hydrogens (primary N) is 1. The smallest absolute Gasteiger partial charge is 0.316 e. The van der Waals surface area contributed by atoms with Crippen molar-refractivity contribution < 1.29 is 4.79 Å². The topological polar surface area (TPSA) is 83.3 Å². The van der Waals surface area contributed by atoms with Gasteiger partial charge in [0.2, 0.25) is 0 Å². The van der Waals surface area contributed by atoms with Gasteiger partial charge < -0.3 is 21.3 Å². The second kappa shape index (κ2) is 5.79. The van der Waals surface area contributed by atoms with Gasteiger partial charge in [-0.1, -0.05) is 0 Å².